The van der Waals surface area contributed by atoms with Gasteiger partial charge in [0.1, 0.15) is 18.6 Å². The Morgan fingerprint density at radius 1 is 1.04 bits per heavy atom. The van der Waals surface area contributed by atoms with Crippen LogP contribution in [0.25, 0.3) is 5.57 Å². The highest BCUT2D eigenvalue weighted by molar-refractivity contribution is 7.92. The van der Waals surface area contributed by atoms with Gasteiger partial charge in [-0.05, 0) is 49.3 Å². The van der Waals surface area contributed by atoms with Crippen molar-refractivity contribution < 1.29 is 22.0 Å². The number of sulfone groups is 1. The molecule has 6 heteroatoms. The van der Waals surface area contributed by atoms with Crippen LogP contribution in [0.5, 0.6) is 0 Å². The van der Waals surface area contributed by atoms with E-state index in [4.69, 9.17) is 0 Å². The molecule has 1 unspecified atom stereocenters. The van der Waals surface area contributed by atoms with Crippen molar-refractivity contribution in [1.29, 1.82) is 0 Å². The van der Waals surface area contributed by atoms with Gasteiger partial charge >= 0.3 is 0 Å². The third-order valence-corrected chi connectivity index (χ3v) is 6.75. The molecule has 0 bridgehead atoms. The monoisotopic (exact) mass is 340 g/mol. The Morgan fingerprint density at radius 3 is 2.09 bits per heavy atom. The van der Waals surface area contributed by atoms with Gasteiger partial charge in [0.05, 0.1) is 10.1 Å². The van der Waals surface area contributed by atoms with Crippen molar-refractivity contribution in [2.24, 2.45) is 5.92 Å². The second-order valence-corrected chi connectivity index (χ2v) is 8.50. The first kappa shape index (κ1) is 16.3. The number of allylic oxidation sites excluding steroid dienone is 2. The predicted octanol–water partition coefficient (Wildman–Crippen LogP) is 3.29. The van der Waals surface area contributed by atoms with Gasteiger partial charge in [0, 0.05) is 5.57 Å². The zero-order valence-electron chi connectivity index (χ0n) is 12.5. The second-order valence-electron chi connectivity index (χ2n) is 6.27. The fourth-order valence-electron chi connectivity index (χ4n) is 2.97. The molecule has 0 aliphatic heterocycles. The zero-order chi connectivity index (χ0) is 16.6. The van der Waals surface area contributed by atoms with Crippen LogP contribution < -0.4 is 0 Å². The summed E-state index contributed by atoms with van der Waals surface area (Å²) in [7, 11) is -3.26. The topological polar surface area (TPSA) is 51.2 Å². The molecular formula is C17H18F2O3S. The van der Waals surface area contributed by atoms with Gasteiger partial charge in [-0.25, -0.2) is 17.2 Å². The van der Waals surface area contributed by atoms with Gasteiger partial charge in [0.15, 0.2) is 9.84 Å². The average molecular weight is 340 g/mol. The summed E-state index contributed by atoms with van der Waals surface area (Å²) in [4.78, 5) is 11.5. The lowest BCUT2D eigenvalue weighted by Crippen LogP contribution is -2.07. The minimum Gasteiger partial charge on any atom is -0.298 e. The molecule has 3 atom stereocenters. The standard InChI is InChI=1S/C17H18F2O3S/c18-16-8-11(9-17(16)19)7-13(10-20)12-1-3-14(4-2-12)23(21,22)15-5-6-15/h1-4,7,10-11,15-17H,5-6,8-9H2/b13-7-/t11?,16-,17+. The smallest absolute Gasteiger partial charge is 0.181 e. The van der Waals surface area contributed by atoms with E-state index in [0.717, 1.165) is 0 Å². The van der Waals surface area contributed by atoms with Crippen LogP contribution in [-0.2, 0) is 14.6 Å². The number of benzene rings is 1. The molecule has 0 radical (unpaired) electrons. The summed E-state index contributed by atoms with van der Waals surface area (Å²) in [6, 6.07) is 6.13. The molecule has 1 aromatic carbocycles. The van der Waals surface area contributed by atoms with Gasteiger partial charge in [-0.3, -0.25) is 4.79 Å². The van der Waals surface area contributed by atoms with Crippen LogP contribution >= 0.6 is 0 Å². The molecule has 0 amide bonds. The van der Waals surface area contributed by atoms with Crippen molar-refractivity contribution >= 4 is 21.7 Å². The van der Waals surface area contributed by atoms with E-state index in [-0.39, 0.29) is 28.9 Å². The number of halogens is 2. The number of hydrogen-bond donors (Lipinski definition) is 0. The quantitative estimate of drug-likeness (QED) is 0.610. The summed E-state index contributed by atoms with van der Waals surface area (Å²) < 4.78 is 50.7. The molecule has 23 heavy (non-hydrogen) atoms. The molecule has 0 aromatic heterocycles. The Kier molecular flexibility index (Phi) is 4.36. The fraction of sp³-hybridized carbons (Fsp3) is 0.471. The van der Waals surface area contributed by atoms with Gasteiger partial charge in [-0.15, -0.1) is 0 Å². The largest absolute Gasteiger partial charge is 0.298 e. The molecule has 2 aliphatic carbocycles. The first-order valence-corrected chi connectivity index (χ1v) is 9.26. The highest BCUT2D eigenvalue weighted by Crippen LogP contribution is 2.35. The van der Waals surface area contributed by atoms with Gasteiger partial charge in [0.25, 0.3) is 0 Å². The summed E-state index contributed by atoms with van der Waals surface area (Å²) >= 11 is 0. The van der Waals surface area contributed by atoms with E-state index < -0.39 is 22.2 Å². The summed E-state index contributed by atoms with van der Waals surface area (Å²) in [5.74, 6) is -0.310. The molecular weight excluding hydrogens is 322 g/mol. The first-order valence-electron chi connectivity index (χ1n) is 7.71. The molecule has 1 aromatic rings. The van der Waals surface area contributed by atoms with Crippen LogP contribution in [0, 0.1) is 5.92 Å². The summed E-state index contributed by atoms with van der Waals surface area (Å²) in [6.45, 7) is 0. The lowest BCUT2D eigenvalue weighted by molar-refractivity contribution is -0.103. The van der Waals surface area contributed by atoms with Crippen molar-refractivity contribution in [3.05, 3.63) is 35.9 Å². The number of carbonyl (C=O) groups excluding carboxylic acids is 1. The maximum absolute atomic E-state index is 13.2. The Morgan fingerprint density at radius 2 is 1.61 bits per heavy atom. The third-order valence-electron chi connectivity index (χ3n) is 4.47. The predicted molar refractivity (Wildman–Crippen MR) is 83.2 cm³/mol. The second kappa shape index (κ2) is 6.15. The lowest BCUT2D eigenvalue weighted by Gasteiger charge is -2.07. The molecule has 3 rings (SSSR count). The van der Waals surface area contributed by atoms with Crippen LogP contribution in [0.4, 0.5) is 8.78 Å². The summed E-state index contributed by atoms with van der Waals surface area (Å²) in [6.07, 6.45) is 0.817. The molecule has 2 saturated carbocycles. The normalized spacial score (nSPS) is 28.8. The van der Waals surface area contributed by atoms with E-state index >= 15 is 0 Å². The average Bonchev–Trinajstić information content (AvgIpc) is 3.33. The van der Waals surface area contributed by atoms with Crippen LogP contribution in [0.2, 0.25) is 0 Å². The zero-order valence-corrected chi connectivity index (χ0v) is 13.3. The highest BCUT2D eigenvalue weighted by atomic mass is 32.2. The molecule has 2 fully saturated rings. The van der Waals surface area contributed by atoms with E-state index in [1.807, 2.05) is 0 Å². The molecule has 0 heterocycles. The van der Waals surface area contributed by atoms with Crippen molar-refractivity contribution in [3.8, 4) is 0 Å². The van der Waals surface area contributed by atoms with E-state index in [2.05, 4.69) is 0 Å². The number of hydrogen-bond acceptors (Lipinski definition) is 3. The van der Waals surface area contributed by atoms with Crippen LogP contribution in [0.1, 0.15) is 31.2 Å². The van der Waals surface area contributed by atoms with E-state index in [1.165, 1.54) is 12.1 Å². The number of aldehydes is 1. The lowest BCUT2D eigenvalue weighted by atomic mass is 9.99. The Labute approximate surface area is 134 Å². The van der Waals surface area contributed by atoms with Crippen LogP contribution in [-0.4, -0.2) is 32.3 Å². The third kappa shape index (κ3) is 3.37. The maximum Gasteiger partial charge on any atom is 0.181 e. The number of alkyl halides is 2. The van der Waals surface area contributed by atoms with Crippen LogP contribution in [0.15, 0.2) is 35.2 Å². The summed E-state index contributed by atoms with van der Waals surface area (Å²) in [5, 5.41) is -0.282. The minimum absolute atomic E-state index is 0.0760. The van der Waals surface area contributed by atoms with E-state index in [0.29, 0.717) is 30.3 Å². The maximum atomic E-state index is 13.2. The Balaban J connectivity index is 1.81. The van der Waals surface area contributed by atoms with E-state index in [1.54, 1.807) is 18.2 Å². The molecule has 2 aliphatic rings. The van der Waals surface area contributed by atoms with Gasteiger partial charge in [0.2, 0.25) is 0 Å². The fourth-order valence-corrected chi connectivity index (χ4v) is 4.63. The van der Waals surface area contributed by atoms with Crippen molar-refractivity contribution in [2.45, 2.75) is 48.2 Å². The minimum atomic E-state index is -3.26. The van der Waals surface area contributed by atoms with Crippen molar-refractivity contribution in [2.75, 3.05) is 0 Å². The highest BCUT2D eigenvalue weighted by Gasteiger charge is 2.37. The SMILES string of the molecule is O=C/C(=C/C1C[C@@H](F)[C@@H](F)C1)c1ccc(S(=O)(=O)C2CC2)cc1. The number of rotatable bonds is 5. The molecule has 0 spiro atoms. The Hall–Kier alpha value is -1.56. The van der Waals surface area contributed by atoms with E-state index in [9.17, 15) is 22.0 Å². The molecule has 3 nitrogen and oxygen atoms in total. The van der Waals surface area contributed by atoms with Crippen molar-refractivity contribution in [3.63, 3.8) is 0 Å². The summed E-state index contributed by atoms with van der Waals surface area (Å²) in [5.41, 5.74) is 0.902. The van der Waals surface area contributed by atoms with Gasteiger partial charge in [-0.1, -0.05) is 18.2 Å². The molecule has 0 N–H and O–H groups in total. The Bertz CT molecular complexity index is 711. The number of carbonyl (C=O) groups is 1. The van der Waals surface area contributed by atoms with Crippen LogP contribution in [0.3, 0.4) is 0 Å². The van der Waals surface area contributed by atoms with Crippen molar-refractivity contribution in [1.82, 2.24) is 0 Å². The van der Waals surface area contributed by atoms with Gasteiger partial charge in [-0.2, -0.15) is 0 Å². The first-order chi connectivity index (χ1) is 10.9. The molecule has 124 valence electrons. The molecule has 0 saturated heterocycles. The van der Waals surface area contributed by atoms with Gasteiger partial charge < -0.3 is 0 Å².